The predicted octanol–water partition coefficient (Wildman–Crippen LogP) is 0.241. The summed E-state index contributed by atoms with van der Waals surface area (Å²) < 4.78 is 0. The highest BCUT2D eigenvalue weighted by Crippen LogP contribution is 2.38. The molecule has 0 bridgehead atoms. The summed E-state index contributed by atoms with van der Waals surface area (Å²) in [6, 6.07) is -0.462. The van der Waals surface area contributed by atoms with Gasteiger partial charge in [-0.15, -0.1) is 0 Å². The Labute approximate surface area is 113 Å². The minimum atomic E-state index is -0.386. The molecule has 2 aliphatic heterocycles. The lowest BCUT2D eigenvalue weighted by Gasteiger charge is -2.36. The molecule has 0 radical (unpaired) electrons. The summed E-state index contributed by atoms with van der Waals surface area (Å²) in [5, 5.41) is 3.37. The van der Waals surface area contributed by atoms with Gasteiger partial charge in [0.25, 0.3) is 0 Å². The number of hydrogen-bond donors (Lipinski definition) is 2. The van der Waals surface area contributed by atoms with Crippen molar-refractivity contribution in [3.8, 4) is 0 Å². The number of likely N-dealkylation sites (tertiary alicyclic amines) is 1. The molecule has 4 atom stereocenters. The van der Waals surface area contributed by atoms with Crippen LogP contribution < -0.4 is 11.1 Å². The molecule has 5 heteroatoms. The van der Waals surface area contributed by atoms with E-state index in [4.69, 9.17) is 5.73 Å². The summed E-state index contributed by atoms with van der Waals surface area (Å²) in [7, 11) is 0. The van der Waals surface area contributed by atoms with E-state index in [1.54, 1.807) is 4.90 Å². The fraction of sp³-hybridized carbons (Fsp3) is 0.857. The molecule has 2 heterocycles. The molecule has 1 saturated carbocycles. The van der Waals surface area contributed by atoms with Gasteiger partial charge in [-0.25, -0.2) is 0 Å². The van der Waals surface area contributed by atoms with Gasteiger partial charge in [0.15, 0.2) is 0 Å². The molecule has 19 heavy (non-hydrogen) atoms. The van der Waals surface area contributed by atoms with Crippen LogP contribution in [0.1, 0.15) is 38.5 Å². The molecule has 5 nitrogen and oxygen atoms in total. The number of rotatable bonds is 2. The Balaban J connectivity index is 1.73. The molecule has 106 valence electrons. The lowest BCUT2D eigenvalue weighted by atomic mass is 9.92. The van der Waals surface area contributed by atoms with E-state index in [1.807, 2.05) is 0 Å². The molecular formula is C14H23N3O2. The average Bonchev–Trinajstić information content (AvgIpc) is 3.00. The number of nitrogens with two attached hydrogens (primary N) is 1. The van der Waals surface area contributed by atoms with E-state index in [9.17, 15) is 9.59 Å². The van der Waals surface area contributed by atoms with E-state index in [0.29, 0.717) is 18.4 Å². The highest BCUT2D eigenvalue weighted by molar-refractivity contribution is 5.89. The second-order valence-corrected chi connectivity index (χ2v) is 6.19. The van der Waals surface area contributed by atoms with E-state index in [1.165, 1.54) is 12.8 Å². The quantitative estimate of drug-likeness (QED) is 0.751. The van der Waals surface area contributed by atoms with Crippen LogP contribution in [0.4, 0.5) is 0 Å². The van der Waals surface area contributed by atoms with Gasteiger partial charge in [0.05, 0.1) is 6.04 Å². The minimum absolute atomic E-state index is 0.0764. The van der Waals surface area contributed by atoms with Gasteiger partial charge in [-0.3, -0.25) is 9.59 Å². The third kappa shape index (κ3) is 2.24. The molecule has 2 amide bonds. The molecule has 3 fully saturated rings. The van der Waals surface area contributed by atoms with Crippen molar-refractivity contribution in [1.29, 1.82) is 0 Å². The van der Waals surface area contributed by atoms with Crippen molar-refractivity contribution < 1.29 is 9.59 Å². The first-order valence-electron chi connectivity index (χ1n) is 7.51. The molecule has 3 N–H and O–H groups in total. The van der Waals surface area contributed by atoms with E-state index < -0.39 is 0 Å². The second-order valence-electron chi connectivity index (χ2n) is 6.19. The zero-order chi connectivity index (χ0) is 13.4. The van der Waals surface area contributed by atoms with Gasteiger partial charge >= 0.3 is 0 Å². The molecule has 3 rings (SSSR count). The highest BCUT2D eigenvalue weighted by Gasteiger charge is 2.45. The first-order chi connectivity index (χ1) is 9.18. The predicted molar refractivity (Wildman–Crippen MR) is 71.2 cm³/mol. The first kappa shape index (κ1) is 12.9. The van der Waals surface area contributed by atoms with Gasteiger partial charge < -0.3 is 16.0 Å². The zero-order valence-corrected chi connectivity index (χ0v) is 11.3. The standard InChI is InChI=1S/C14H23N3O2/c15-13(18)11-6-1-2-7-17(11)14(19)12-10-5-3-4-9(10)8-16-12/h9-12,16H,1-8H2,(H2,15,18). The maximum atomic E-state index is 12.7. The van der Waals surface area contributed by atoms with Gasteiger partial charge in [-0.2, -0.15) is 0 Å². The van der Waals surface area contributed by atoms with E-state index in [0.717, 1.165) is 32.2 Å². The van der Waals surface area contributed by atoms with Crippen molar-refractivity contribution in [3.63, 3.8) is 0 Å². The molecule has 4 unspecified atom stereocenters. The topological polar surface area (TPSA) is 75.4 Å². The summed E-state index contributed by atoms with van der Waals surface area (Å²) in [6.45, 7) is 1.64. The fourth-order valence-electron chi connectivity index (χ4n) is 4.13. The van der Waals surface area contributed by atoms with Crippen molar-refractivity contribution in [1.82, 2.24) is 10.2 Å². The number of carbonyl (C=O) groups is 2. The maximum absolute atomic E-state index is 12.7. The molecule has 0 aromatic rings. The highest BCUT2D eigenvalue weighted by atomic mass is 16.2. The van der Waals surface area contributed by atoms with Crippen LogP contribution in [0.15, 0.2) is 0 Å². The van der Waals surface area contributed by atoms with Gasteiger partial charge in [0, 0.05) is 6.54 Å². The Hall–Kier alpha value is -1.10. The summed E-state index contributed by atoms with van der Waals surface area (Å²) >= 11 is 0. The van der Waals surface area contributed by atoms with E-state index in [2.05, 4.69) is 5.32 Å². The molecule has 0 aromatic heterocycles. The largest absolute Gasteiger partial charge is 0.368 e. The molecule has 0 aromatic carbocycles. The fourth-order valence-corrected chi connectivity index (χ4v) is 4.13. The number of carbonyl (C=O) groups excluding carboxylic acids is 2. The van der Waals surface area contributed by atoms with Gasteiger partial charge in [-0.05, 0) is 50.5 Å². The van der Waals surface area contributed by atoms with Crippen molar-refractivity contribution in [2.45, 2.75) is 50.6 Å². The van der Waals surface area contributed by atoms with E-state index in [-0.39, 0.29) is 23.9 Å². The zero-order valence-electron chi connectivity index (χ0n) is 11.3. The summed E-state index contributed by atoms with van der Waals surface area (Å²) in [5.74, 6) is 0.889. The third-order valence-electron chi connectivity index (χ3n) is 5.13. The van der Waals surface area contributed by atoms with Crippen LogP contribution in [0, 0.1) is 11.8 Å². The van der Waals surface area contributed by atoms with Crippen LogP contribution in [0.25, 0.3) is 0 Å². The van der Waals surface area contributed by atoms with Gasteiger partial charge in [0.2, 0.25) is 11.8 Å². The first-order valence-corrected chi connectivity index (χ1v) is 7.51. The SMILES string of the molecule is NC(=O)C1CCCCN1C(=O)C1NCC2CCCC21. The molecule has 0 spiro atoms. The van der Waals surface area contributed by atoms with Gasteiger partial charge in [0.1, 0.15) is 6.04 Å². The number of nitrogens with zero attached hydrogens (tertiary/aromatic N) is 1. The number of amides is 2. The number of hydrogen-bond acceptors (Lipinski definition) is 3. The number of piperidine rings is 1. The van der Waals surface area contributed by atoms with E-state index >= 15 is 0 Å². The Morgan fingerprint density at radius 3 is 2.74 bits per heavy atom. The summed E-state index contributed by atoms with van der Waals surface area (Å²) in [5.41, 5.74) is 5.45. The Morgan fingerprint density at radius 2 is 1.95 bits per heavy atom. The summed E-state index contributed by atoms with van der Waals surface area (Å²) in [4.78, 5) is 26.0. The third-order valence-corrected chi connectivity index (χ3v) is 5.13. The number of fused-ring (bicyclic) bond motifs is 1. The Bertz CT molecular complexity index is 385. The van der Waals surface area contributed by atoms with Crippen molar-refractivity contribution in [2.24, 2.45) is 17.6 Å². The maximum Gasteiger partial charge on any atom is 0.240 e. The molecule has 1 aliphatic carbocycles. The summed E-state index contributed by atoms with van der Waals surface area (Å²) in [6.07, 6.45) is 6.31. The van der Waals surface area contributed by atoms with Crippen LogP contribution in [-0.4, -0.2) is 41.9 Å². The number of primary amides is 1. The minimum Gasteiger partial charge on any atom is -0.368 e. The van der Waals surface area contributed by atoms with Crippen LogP contribution >= 0.6 is 0 Å². The Kier molecular flexibility index (Phi) is 3.48. The van der Waals surface area contributed by atoms with Crippen LogP contribution in [0.5, 0.6) is 0 Å². The van der Waals surface area contributed by atoms with Crippen molar-refractivity contribution >= 4 is 11.8 Å². The second kappa shape index (κ2) is 5.12. The average molecular weight is 265 g/mol. The smallest absolute Gasteiger partial charge is 0.240 e. The van der Waals surface area contributed by atoms with Crippen LogP contribution in [-0.2, 0) is 9.59 Å². The monoisotopic (exact) mass is 265 g/mol. The lowest BCUT2D eigenvalue weighted by Crippen LogP contribution is -2.56. The van der Waals surface area contributed by atoms with Crippen molar-refractivity contribution in [3.05, 3.63) is 0 Å². The van der Waals surface area contributed by atoms with Gasteiger partial charge in [-0.1, -0.05) is 6.42 Å². The normalized spacial score (nSPS) is 38.2. The lowest BCUT2D eigenvalue weighted by molar-refractivity contribution is -0.143. The van der Waals surface area contributed by atoms with Crippen LogP contribution in [0.2, 0.25) is 0 Å². The van der Waals surface area contributed by atoms with Crippen LogP contribution in [0.3, 0.4) is 0 Å². The Morgan fingerprint density at radius 1 is 1.11 bits per heavy atom. The molecule has 3 aliphatic rings. The number of nitrogens with one attached hydrogen (secondary N) is 1. The molecular weight excluding hydrogens is 242 g/mol. The van der Waals surface area contributed by atoms with Crippen molar-refractivity contribution in [2.75, 3.05) is 13.1 Å². The molecule has 2 saturated heterocycles.